The summed E-state index contributed by atoms with van der Waals surface area (Å²) < 4.78 is 1.44. The van der Waals surface area contributed by atoms with Crippen molar-refractivity contribution in [3.63, 3.8) is 0 Å². The number of hydrogen-bond donors (Lipinski definition) is 2. The molecule has 0 spiro atoms. The Bertz CT molecular complexity index is 377. The van der Waals surface area contributed by atoms with E-state index in [1.54, 1.807) is 7.05 Å². The van der Waals surface area contributed by atoms with Crippen molar-refractivity contribution < 1.29 is 9.63 Å². The monoisotopic (exact) mass is 194 g/mol. The van der Waals surface area contributed by atoms with E-state index in [2.05, 4.69) is 21.3 Å². The first-order valence-electron chi connectivity index (χ1n) is 3.80. The molecule has 1 aromatic heterocycles. The van der Waals surface area contributed by atoms with E-state index in [9.17, 15) is 4.79 Å². The van der Waals surface area contributed by atoms with Crippen LogP contribution in [-0.2, 0) is 11.9 Å². The highest BCUT2D eigenvalue weighted by Crippen LogP contribution is 2.06. The Labute approximate surface area is 81.0 Å². The van der Waals surface area contributed by atoms with Crippen LogP contribution < -0.4 is 11.2 Å². The van der Waals surface area contributed by atoms with Crippen LogP contribution in [0.2, 0.25) is 0 Å². The fraction of sp³-hybridized carbons (Fsp3) is 0.250. The molecule has 0 aliphatic heterocycles. The number of nitrogens with zero attached hydrogens (tertiary/aromatic N) is 2. The molecule has 0 fully saturated rings. The van der Waals surface area contributed by atoms with E-state index in [4.69, 9.17) is 12.2 Å². The van der Waals surface area contributed by atoms with Crippen molar-refractivity contribution in [1.29, 1.82) is 0 Å². The second-order valence-electron chi connectivity index (χ2n) is 2.53. The molecule has 0 bridgehead atoms. The maximum atomic E-state index is 11.3. The summed E-state index contributed by atoms with van der Waals surface area (Å²) in [4.78, 5) is 15.9. The zero-order valence-corrected chi connectivity index (χ0v) is 7.65. The van der Waals surface area contributed by atoms with Gasteiger partial charge in [-0.3, -0.25) is 14.3 Å². The maximum Gasteiger partial charge on any atom is 0.297 e. The minimum Gasteiger partial charge on any atom is -0.396 e. The molecule has 0 aromatic carbocycles. The van der Waals surface area contributed by atoms with Crippen molar-refractivity contribution in [2.24, 2.45) is 7.05 Å². The third-order valence-corrected chi connectivity index (χ3v) is 1.39. The summed E-state index contributed by atoms with van der Waals surface area (Å²) in [5.74, 6) is 1.69. The van der Waals surface area contributed by atoms with Gasteiger partial charge < -0.3 is 5.73 Å². The Morgan fingerprint density at radius 2 is 2.64 bits per heavy atom. The summed E-state index contributed by atoms with van der Waals surface area (Å²) in [6, 6.07) is 0. The van der Waals surface area contributed by atoms with E-state index < -0.39 is 5.91 Å². The average molecular weight is 194 g/mol. The number of carbonyl (C=O) groups is 1. The highest BCUT2D eigenvalue weighted by molar-refractivity contribution is 5.96. The number of hydrogen-bond acceptors (Lipinski definition) is 4. The van der Waals surface area contributed by atoms with Crippen molar-refractivity contribution in [3.05, 3.63) is 11.9 Å². The van der Waals surface area contributed by atoms with Gasteiger partial charge in [-0.25, -0.2) is 5.48 Å². The van der Waals surface area contributed by atoms with Crippen LogP contribution in [0.15, 0.2) is 6.20 Å². The van der Waals surface area contributed by atoms with Gasteiger partial charge in [0.25, 0.3) is 5.91 Å². The van der Waals surface area contributed by atoms with Gasteiger partial charge in [0.15, 0.2) is 5.69 Å². The number of terminal acetylenes is 1. The zero-order valence-electron chi connectivity index (χ0n) is 7.65. The van der Waals surface area contributed by atoms with E-state index in [-0.39, 0.29) is 18.0 Å². The standard InChI is InChI=1S/C8H10N4O2/c1-3-4-14-11-8(13)7-6(9)5-12(2)10-7/h1,5H,4,9H2,2H3,(H,11,13). The molecule has 1 heterocycles. The molecule has 0 aliphatic carbocycles. The molecule has 1 amide bonds. The number of hydroxylamine groups is 1. The lowest BCUT2D eigenvalue weighted by atomic mass is 10.4. The first kappa shape index (κ1) is 10.1. The van der Waals surface area contributed by atoms with Gasteiger partial charge in [-0.05, 0) is 0 Å². The third kappa shape index (κ3) is 2.24. The fourth-order valence-corrected chi connectivity index (χ4v) is 0.875. The minimum absolute atomic E-state index is 0.00151. The number of anilines is 1. The molecule has 0 saturated heterocycles. The highest BCUT2D eigenvalue weighted by Gasteiger charge is 2.13. The first-order valence-corrected chi connectivity index (χ1v) is 3.80. The van der Waals surface area contributed by atoms with Crippen LogP contribution in [0, 0.1) is 12.3 Å². The maximum absolute atomic E-state index is 11.3. The van der Waals surface area contributed by atoms with Crippen LogP contribution in [0.3, 0.4) is 0 Å². The van der Waals surface area contributed by atoms with Crippen LogP contribution in [-0.4, -0.2) is 22.3 Å². The molecule has 0 saturated carbocycles. The third-order valence-electron chi connectivity index (χ3n) is 1.39. The number of nitrogens with one attached hydrogen (secondary N) is 1. The second kappa shape index (κ2) is 4.30. The summed E-state index contributed by atoms with van der Waals surface area (Å²) >= 11 is 0. The fourth-order valence-electron chi connectivity index (χ4n) is 0.875. The molecule has 1 aromatic rings. The van der Waals surface area contributed by atoms with Crippen molar-refractivity contribution in [2.45, 2.75) is 0 Å². The Morgan fingerprint density at radius 3 is 3.14 bits per heavy atom. The van der Waals surface area contributed by atoms with Gasteiger partial charge in [0, 0.05) is 13.2 Å². The topological polar surface area (TPSA) is 82.2 Å². The number of aromatic nitrogens is 2. The van der Waals surface area contributed by atoms with Crippen LogP contribution >= 0.6 is 0 Å². The van der Waals surface area contributed by atoms with Gasteiger partial charge in [0.05, 0.1) is 5.69 Å². The lowest BCUT2D eigenvalue weighted by Crippen LogP contribution is -2.25. The predicted molar refractivity (Wildman–Crippen MR) is 49.9 cm³/mol. The summed E-state index contributed by atoms with van der Waals surface area (Å²) in [6.07, 6.45) is 6.44. The van der Waals surface area contributed by atoms with Crippen LogP contribution in [0.25, 0.3) is 0 Å². The molecule has 14 heavy (non-hydrogen) atoms. The number of nitrogen functional groups attached to an aromatic ring is 1. The molecule has 6 heteroatoms. The lowest BCUT2D eigenvalue weighted by molar-refractivity contribution is 0.0433. The Hall–Kier alpha value is -2.00. The van der Waals surface area contributed by atoms with Gasteiger partial charge in [-0.1, -0.05) is 5.92 Å². The Kier molecular flexibility index (Phi) is 3.09. The second-order valence-corrected chi connectivity index (χ2v) is 2.53. The smallest absolute Gasteiger partial charge is 0.297 e. The Morgan fingerprint density at radius 1 is 1.93 bits per heavy atom. The van der Waals surface area contributed by atoms with Gasteiger partial charge in [0.2, 0.25) is 0 Å². The number of nitrogens with two attached hydrogens (primary N) is 1. The summed E-state index contributed by atoms with van der Waals surface area (Å²) in [7, 11) is 1.66. The predicted octanol–water partition coefficient (Wildman–Crippen LogP) is -0.703. The van der Waals surface area contributed by atoms with Gasteiger partial charge in [-0.15, -0.1) is 6.42 Å². The lowest BCUT2D eigenvalue weighted by Gasteiger charge is -2.00. The molecule has 0 radical (unpaired) electrons. The van der Waals surface area contributed by atoms with Crippen LogP contribution in [0.5, 0.6) is 0 Å². The van der Waals surface area contributed by atoms with E-state index >= 15 is 0 Å². The van der Waals surface area contributed by atoms with Crippen molar-refractivity contribution in [3.8, 4) is 12.3 Å². The summed E-state index contributed by atoms with van der Waals surface area (Å²) in [5.41, 5.74) is 8.02. The normalized spacial score (nSPS) is 9.43. The zero-order chi connectivity index (χ0) is 10.6. The molecule has 0 aliphatic rings. The molecular weight excluding hydrogens is 184 g/mol. The van der Waals surface area contributed by atoms with Crippen molar-refractivity contribution in [1.82, 2.24) is 15.3 Å². The molecule has 3 N–H and O–H groups in total. The molecule has 0 atom stereocenters. The van der Waals surface area contributed by atoms with Crippen LogP contribution in [0.1, 0.15) is 10.5 Å². The molecule has 0 unspecified atom stereocenters. The van der Waals surface area contributed by atoms with E-state index in [0.29, 0.717) is 0 Å². The number of aryl methyl sites for hydroxylation is 1. The van der Waals surface area contributed by atoms with Crippen molar-refractivity contribution >= 4 is 11.6 Å². The summed E-state index contributed by atoms with van der Waals surface area (Å²) in [5, 5.41) is 3.84. The first-order chi connectivity index (χ1) is 6.65. The van der Waals surface area contributed by atoms with Gasteiger partial charge >= 0.3 is 0 Å². The highest BCUT2D eigenvalue weighted by atomic mass is 16.6. The van der Waals surface area contributed by atoms with Crippen molar-refractivity contribution in [2.75, 3.05) is 12.3 Å². The average Bonchev–Trinajstić information content (AvgIpc) is 2.45. The molecule has 1 rings (SSSR count). The van der Waals surface area contributed by atoms with Crippen LogP contribution in [0.4, 0.5) is 5.69 Å². The molecule has 6 nitrogen and oxygen atoms in total. The quantitative estimate of drug-likeness (QED) is 0.378. The number of carbonyl (C=O) groups excluding carboxylic acids is 1. The molecule has 74 valence electrons. The number of amides is 1. The van der Waals surface area contributed by atoms with Gasteiger partial charge in [-0.2, -0.15) is 5.10 Å². The minimum atomic E-state index is -0.515. The number of rotatable bonds is 3. The molecular formula is C8H10N4O2. The SMILES string of the molecule is C#CCONC(=O)c1nn(C)cc1N. The van der Waals surface area contributed by atoms with Gasteiger partial charge in [0.1, 0.15) is 6.61 Å². The van der Waals surface area contributed by atoms with E-state index in [0.717, 1.165) is 0 Å². The van der Waals surface area contributed by atoms with E-state index in [1.807, 2.05) is 0 Å². The largest absolute Gasteiger partial charge is 0.396 e. The Balaban J connectivity index is 2.61. The van der Waals surface area contributed by atoms with E-state index in [1.165, 1.54) is 10.9 Å². The summed E-state index contributed by atoms with van der Waals surface area (Å²) in [6.45, 7) is -0.00151.